The van der Waals surface area contributed by atoms with Crippen LogP contribution < -0.4 is 34.4 Å². The van der Waals surface area contributed by atoms with Gasteiger partial charge in [-0.15, -0.1) is 0 Å². The molecule has 0 saturated carbocycles. The van der Waals surface area contributed by atoms with Gasteiger partial charge in [-0.3, -0.25) is 9.98 Å². The zero-order chi connectivity index (χ0) is 24.0. The molecule has 0 unspecified atom stereocenters. The van der Waals surface area contributed by atoms with E-state index in [-0.39, 0.29) is 43.4 Å². The van der Waals surface area contributed by atoms with Crippen LogP contribution in [0.5, 0.6) is 0 Å². The zero-order valence-electron chi connectivity index (χ0n) is 17.3. The molecule has 0 aliphatic carbocycles. The normalized spacial score (nSPS) is 12.8. The predicted octanol–water partition coefficient (Wildman–Crippen LogP) is -3.17. The summed E-state index contributed by atoms with van der Waals surface area (Å²) in [4.78, 5) is 54.7. The van der Waals surface area contributed by atoms with Crippen LogP contribution in [0, 0.1) is 0 Å². The predicted molar refractivity (Wildman–Crippen MR) is 112 cm³/mol. The van der Waals surface area contributed by atoms with E-state index >= 15 is 0 Å². The molecule has 0 aromatic heterocycles. The highest BCUT2D eigenvalue weighted by Crippen LogP contribution is 2.04. The first kappa shape index (κ1) is 27.5. The van der Waals surface area contributed by atoms with Crippen molar-refractivity contribution in [1.29, 1.82) is 0 Å². The molecule has 0 spiro atoms. The van der Waals surface area contributed by atoms with Gasteiger partial charge in [0.2, 0.25) is 0 Å². The first-order valence-electron chi connectivity index (χ1n) is 9.26. The Labute approximate surface area is 179 Å². The van der Waals surface area contributed by atoms with E-state index in [9.17, 15) is 19.2 Å². The summed E-state index contributed by atoms with van der Waals surface area (Å²) in [7, 11) is 0. The average molecular weight is 442 g/mol. The molecule has 174 valence electrons. The molecular weight excluding hydrogens is 412 g/mol. The molecular formula is C17H30N8O6. The van der Waals surface area contributed by atoms with E-state index in [1.807, 2.05) is 0 Å². The van der Waals surface area contributed by atoms with E-state index in [0.717, 1.165) is 0 Å². The van der Waals surface area contributed by atoms with E-state index in [2.05, 4.69) is 19.5 Å². The van der Waals surface area contributed by atoms with Gasteiger partial charge in [-0.1, -0.05) is 0 Å². The second-order valence-corrected chi connectivity index (χ2v) is 6.39. The summed E-state index contributed by atoms with van der Waals surface area (Å²) in [6, 6.07) is -2.17. The fourth-order valence-electron chi connectivity index (χ4n) is 1.96. The molecule has 0 amide bonds. The molecule has 14 heteroatoms. The second-order valence-electron chi connectivity index (χ2n) is 6.39. The molecule has 2 atom stereocenters. The van der Waals surface area contributed by atoms with E-state index in [4.69, 9.17) is 34.4 Å². The summed E-state index contributed by atoms with van der Waals surface area (Å²) in [5.74, 6) is -4.43. The fourth-order valence-corrected chi connectivity index (χ4v) is 1.96. The fraction of sp³-hybridized carbons (Fsp3) is 0.529. The molecule has 0 aromatic rings. The van der Waals surface area contributed by atoms with Crippen LogP contribution in [-0.2, 0) is 28.7 Å². The van der Waals surface area contributed by atoms with Crippen LogP contribution in [0.25, 0.3) is 0 Å². The second kappa shape index (κ2) is 14.5. The van der Waals surface area contributed by atoms with Gasteiger partial charge in [0, 0.05) is 24.7 Å². The number of hydrogen-bond donors (Lipinski definition) is 6. The highest BCUT2D eigenvalue weighted by Gasteiger charge is 2.21. The van der Waals surface area contributed by atoms with E-state index in [1.165, 1.54) is 6.92 Å². The van der Waals surface area contributed by atoms with Crippen molar-refractivity contribution in [3.8, 4) is 0 Å². The molecule has 0 aliphatic rings. The molecule has 0 heterocycles. The maximum atomic E-state index is 11.9. The molecule has 0 fully saturated rings. The van der Waals surface area contributed by atoms with Gasteiger partial charge < -0.3 is 43.9 Å². The molecule has 0 bridgehead atoms. The van der Waals surface area contributed by atoms with Gasteiger partial charge in [0.25, 0.3) is 0 Å². The number of hydrogen-bond acceptors (Lipinski definition) is 10. The summed E-state index contributed by atoms with van der Waals surface area (Å²) in [6.45, 7) is 1.71. The lowest BCUT2D eigenvalue weighted by Gasteiger charge is -2.10. The smallest absolute Gasteiger partial charge is 0.341 e. The van der Waals surface area contributed by atoms with Gasteiger partial charge in [0.1, 0.15) is 12.1 Å². The lowest BCUT2D eigenvalue weighted by molar-refractivity contribution is -0.160. The minimum Gasteiger partial charge on any atom is -0.389 e. The van der Waals surface area contributed by atoms with Crippen molar-refractivity contribution in [3.63, 3.8) is 0 Å². The number of esters is 4. The number of nitrogens with zero attached hydrogens (tertiary/aromatic N) is 2. The summed E-state index contributed by atoms with van der Waals surface area (Å²) >= 11 is 0. The number of carbonyl (C=O) groups excluding carboxylic acids is 4. The molecule has 31 heavy (non-hydrogen) atoms. The Morgan fingerprint density at radius 3 is 1.65 bits per heavy atom. The van der Waals surface area contributed by atoms with E-state index in [0.29, 0.717) is 18.9 Å². The topological polar surface area (TPSA) is 268 Å². The van der Waals surface area contributed by atoms with Crippen molar-refractivity contribution in [2.75, 3.05) is 13.1 Å². The highest BCUT2D eigenvalue weighted by molar-refractivity contribution is 6.03. The first-order chi connectivity index (χ1) is 14.4. The van der Waals surface area contributed by atoms with Crippen LogP contribution in [0.1, 0.15) is 32.6 Å². The first-order valence-corrected chi connectivity index (χ1v) is 9.26. The molecule has 12 N–H and O–H groups in total. The van der Waals surface area contributed by atoms with Crippen LogP contribution in [0.4, 0.5) is 0 Å². The number of ether oxygens (including phenoxy) is 2. The van der Waals surface area contributed by atoms with Gasteiger partial charge >= 0.3 is 23.9 Å². The van der Waals surface area contributed by atoms with Crippen LogP contribution in [0.3, 0.4) is 0 Å². The lowest BCUT2D eigenvalue weighted by atomic mass is 10.1. The Balaban J connectivity index is 4.50. The maximum Gasteiger partial charge on any atom is 0.341 e. The summed E-state index contributed by atoms with van der Waals surface area (Å²) in [5.41, 5.74) is 31.6. The standard InChI is InChI=1S/C17H30N8O6/c1-9(13(27)31-15(29)11(19)5-3-7-25-17(22)23)8-12(26)30-14(28)10(18)4-2-6-24-16(20)21/h8,10-11H,2-7,18-19H2,1H3,(H4,20,21,24)(H4,22,23,25)/b9-8+/t10-,11-/m0/s1. The third kappa shape index (κ3) is 13.3. The van der Waals surface area contributed by atoms with Crippen molar-refractivity contribution in [2.45, 2.75) is 44.7 Å². The van der Waals surface area contributed by atoms with Crippen molar-refractivity contribution < 1.29 is 28.7 Å². The Morgan fingerprint density at radius 2 is 1.23 bits per heavy atom. The molecule has 14 nitrogen and oxygen atoms in total. The van der Waals surface area contributed by atoms with Crippen LogP contribution in [0.2, 0.25) is 0 Å². The van der Waals surface area contributed by atoms with E-state index < -0.39 is 36.0 Å². The van der Waals surface area contributed by atoms with Gasteiger partial charge in [0.05, 0.1) is 0 Å². The summed E-state index contributed by atoms with van der Waals surface area (Å²) in [6.07, 6.45) is 1.81. The van der Waals surface area contributed by atoms with E-state index in [1.54, 1.807) is 0 Å². The number of carbonyl (C=O) groups is 4. The van der Waals surface area contributed by atoms with Crippen LogP contribution >= 0.6 is 0 Å². The molecule has 0 saturated heterocycles. The zero-order valence-corrected chi connectivity index (χ0v) is 17.3. The monoisotopic (exact) mass is 442 g/mol. The number of guanidine groups is 2. The van der Waals surface area contributed by atoms with Crippen molar-refractivity contribution in [1.82, 2.24) is 0 Å². The Hall–Kier alpha value is -3.52. The highest BCUT2D eigenvalue weighted by atomic mass is 16.6. The number of aliphatic imine (C=N–C) groups is 2. The van der Waals surface area contributed by atoms with Crippen LogP contribution in [0.15, 0.2) is 21.6 Å². The maximum absolute atomic E-state index is 11.9. The summed E-state index contributed by atoms with van der Waals surface area (Å²) in [5, 5.41) is 0. The largest absolute Gasteiger partial charge is 0.389 e. The Kier molecular flexibility index (Phi) is 12.8. The third-order valence-corrected chi connectivity index (χ3v) is 3.59. The minimum atomic E-state index is -1.15. The molecule has 0 rings (SSSR count). The average Bonchev–Trinajstić information content (AvgIpc) is 2.67. The molecule has 0 radical (unpaired) electrons. The Bertz CT molecular complexity index is 741. The van der Waals surface area contributed by atoms with Crippen LogP contribution in [-0.4, -0.2) is 61.0 Å². The summed E-state index contributed by atoms with van der Waals surface area (Å²) < 4.78 is 9.12. The SMILES string of the molecule is C/C(=C\C(=O)OC(=O)[C@@H](N)CCCN=C(N)N)C(=O)OC(=O)[C@@H](N)CCCN=C(N)N. The van der Waals surface area contributed by atoms with Gasteiger partial charge in [-0.05, 0) is 32.6 Å². The van der Waals surface area contributed by atoms with Crippen molar-refractivity contribution in [2.24, 2.45) is 44.4 Å². The van der Waals surface area contributed by atoms with Gasteiger partial charge in [-0.2, -0.15) is 0 Å². The number of nitrogens with two attached hydrogens (primary N) is 6. The number of rotatable bonds is 12. The lowest BCUT2D eigenvalue weighted by Crippen LogP contribution is -2.34. The van der Waals surface area contributed by atoms with Crippen molar-refractivity contribution in [3.05, 3.63) is 11.6 Å². The third-order valence-electron chi connectivity index (χ3n) is 3.59. The van der Waals surface area contributed by atoms with Crippen molar-refractivity contribution >= 4 is 35.8 Å². The Morgan fingerprint density at radius 1 is 0.806 bits per heavy atom. The quantitative estimate of drug-likeness (QED) is 0.0436. The minimum absolute atomic E-state index is 0.0932. The molecule has 0 aliphatic heterocycles. The van der Waals surface area contributed by atoms with Gasteiger partial charge in [-0.25, -0.2) is 19.2 Å². The molecule has 0 aromatic carbocycles. The van der Waals surface area contributed by atoms with Gasteiger partial charge in [0.15, 0.2) is 11.9 Å².